The van der Waals surface area contributed by atoms with Gasteiger partial charge in [0.25, 0.3) is 0 Å². The second-order valence-electron chi connectivity index (χ2n) is 7.13. The maximum absolute atomic E-state index is 12.1. The first kappa shape index (κ1) is 20.9. The molecule has 3 rings (SSSR count). The van der Waals surface area contributed by atoms with Gasteiger partial charge in [-0.3, -0.25) is 4.79 Å². The van der Waals surface area contributed by atoms with E-state index in [9.17, 15) is 4.79 Å². The van der Waals surface area contributed by atoms with E-state index < -0.39 is 0 Å². The smallest absolute Gasteiger partial charge is 0.242 e. The van der Waals surface area contributed by atoms with Crippen LogP contribution in [0.25, 0.3) is 0 Å². The van der Waals surface area contributed by atoms with Crippen molar-refractivity contribution >= 4 is 11.9 Å². The Morgan fingerprint density at radius 1 is 1.24 bits per heavy atom. The first-order chi connectivity index (χ1) is 14.2. The van der Waals surface area contributed by atoms with Crippen LogP contribution in [0.4, 0.5) is 0 Å². The van der Waals surface area contributed by atoms with Crippen LogP contribution in [0.5, 0.6) is 0 Å². The van der Waals surface area contributed by atoms with Gasteiger partial charge >= 0.3 is 0 Å². The van der Waals surface area contributed by atoms with Crippen molar-refractivity contribution in [1.82, 2.24) is 15.5 Å². The van der Waals surface area contributed by atoms with Crippen LogP contribution in [-0.4, -0.2) is 49.6 Å². The number of guanidine groups is 1. The fourth-order valence-corrected chi connectivity index (χ4v) is 3.31. The van der Waals surface area contributed by atoms with Crippen molar-refractivity contribution in [1.29, 1.82) is 0 Å². The van der Waals surface area contributed by atoms with Crippen molar-refractivity contribution in [3.05, 3.63) is 60.1 Å². The highest BCUT2D eigenvalue weighted by Crippen LogP contribution is 2.17. The van der Waals surface area contributed by atoms with Gasteiger partial charge in [-0.15, -0.1) is 0 Å². The molecule has 1 aliphatic rings. The third-order valence-corrected chi connectivity index (χ3v) is 4.80. The van der Waals surface area contributed by atoms with Crippen molar-refractivity contribution in [3.63, 3.8) is 0 Å². The van der Waals surface area contributed by atoms with Crippen LogP contribution in [0.15, 0.2) is 58.1 Å². The zero-order valence-corrected chi connectivity index (χ0v) is 17.0. The van der Waals surface area contributed by atoms with Crippen molar-refractivity contribution in [2.75, 3.05) is 32.8 Å². The van der Waals surface area contributed by atoms with Gasteiger partial charge < -0.3 is 24.7 Å². The Kier molecular flexibility index (Phi) is 8.12. The van der Waals surface area contributed by atoms with Crippen molar-refractivity contribution in [3.8, 4) is 0 Å². The Morgan fingerprint density at radius 3 is 2.86 bits per heavy atom. The van der Waals surface area contributed by atoms with Crippen molar-refractivity contribution < 1.29 is 13.9 Å². The highest BCUT2D eigenvalue weighted by atomic mass is 16.5. The van der Waals surface area contributed by atoms with E-state index in [1.807, 2.05) is 31.2 Å². The van der Waals surface area contributed by atoms with Gasteiger partial charge in [-0.25, -0.2) is 4.99 Å². The van der Waals surface area contributed by atoms with E-state index in [2.05, 4.69) is 32.7 Å². The van der Waals surface area contributed by atoms with Crippen LogP contribution in [0.1, 0.15) is 24.7 Å². The van der Waals surface area contributed by atoms with Gasteiger partial charge in [-0.1, -0.05) is 30.3 Å². The van der Waals surface area contributed by atoms with Crippen LogP contribution < -0.4 is 10.6 Å². The molecule has 2 aromatic rings. The average Bonchev–Trinajstić information content (AvgIpc) is 3.42. The normalized spacial score (nSPS) is 16.8. The zero-order valence-electron chi connectivity index (χ0n) is 17.0. The summed E-state index contributed by atoms with van der Waals surface area (Å²) in [6.07, 6.45) is 2.65. The standard InChI is InChI=1S/C22H30N4O3/c1-2-23-22(25-14-21(27)24-13-20-9-6-12-29-20)26-11-10-19(15-26)17-28-16-18-7-4-3-5-8-18/h3-9,12,19H,2,10-11,13-17H2,1H3,(H,23,25)(H,24,27). The summed E-state index contributed by atoms with van der Waals surface area (Å²) in [5.41, 5.74) is 1.19. The van der Waals surface area contributed by atoms with E-state index in [4.69, 9.17) is 9.15 Å². The first-order valence-corrected chi connectivity index (χ1v) is 10.2. The van der Waals surface area contributed by atoms with E-state index in [0.29, 0.717) is 19.1 Å². The quantitative estimate of drug-likeness (QED) is 0.501. The van der Waals surface area contributed by atoms with E-state index in [1.165, 1.54) is 5.56 Å². The molecule has 1 atom stereocenters. The summed E-state index contributed by atoms with van der Waals surface area (Å²) in [5, 5.41) is 6.11. The minimum atomic E-state index is -0.126. The molecule has 2 N–H and O–H groups in total. The molecule has 1 aliphatic heterocycles. The van der Waals surface area contributed by atoms with Crippen molar-refractivity contribution in [2.24, 2.45) is 10.9 Å². The topological polar surface area (TPSA) is 79.1 Å². The number of hydrogen-bond donors (Lipinski definition) is 2. The number of carbonyl (C=O) groups is 1. The number of rotatable bonds is 9. The van der Waals surface area contributed by atoms with Crippen LogP contribution in [0.3, 0.4) is 0 Å². The monoisotopic (exact) mass is 398 g/mol. The molecule has 1 fully saturated rings. The largest absolute Gasteiger partial charge is 0.467 e. The Bertz CT molecular complexity index is 762. The number of amides is 1. The summed E-state index contributed by atoms with van der Waals surface area (Å²) >= 11 is 0. The van der Waals surface area contributed by atoms with Gasteiger partial charge in [0, 0.05) is 25.6 Å². The maximum Gasteiger partial charge on any atom is 0.242 e. The van der Waals surface area contributed by atoms with Gasteiger partial charge in [0.2, 0.25) is 5.91 Å². The number of nitrogens with zero attached hydrogens (tertiary/aromatic N) is 2. The highest BCUT2D eigenvalue weighted by Gasteiger charge is 2.25. The molecule has 1 unspecified atom stereocenters. The summed E-state index contributed by atoms with van der Waals surface area (Å²) in [7, 11) is 0. The van der Waals surface area contributed by atoms with Crippen LogP contribution in [0, 0.1) is 5.92 Å². The first-order valence-electron chi connectivity index (χ1n) is 10.2. The summed E-state index contributed by atoms with van der Waals surface area (Å²) in [5.74, 6) is 1.85. The van der Waals surface area contributed by atoms with Gasteiger partial charge in [0.05, 0.1) is 26.0 Å². The lowest BCUT2D eigenvalue weighted by molar-refractivity contribution is -0.119. The summed E-state index contributed by atoms with van der Waals surface area (Å²) in [6.45, 7) is 6.43. The lowest BCUT2D eigenvalue weighted by atomic mass is 10.1. The molecule has 1 aromatic heterocycles. The molecular weight excluding hydrogens is 368 g/mol. The second-order valence-corrected chi connectivity index (χ2v) is 7.13. The van der Waals surface area contributed by atoms with E-state index in [-0.39, 0.29) is 12.5 Å². The summed E-state index contributed by atoms with van der Waals surface area (Å²) < 4.78 is 11.1. The third kappa shape index (κ3) is 6.94. The summed E-state index contributed by atoms with van der Waals surface area (Å²) in [4.78, 5) is 18.8. The van der Waals surface area contributed by atoms with Gasteiger partial charge in [-0.2, -0.15) is 0 Å². The average molecular weight is 399 g/mol. The van der Waals surface area contributed by atoms with Gasteiger partial charge in [0.15, 0.2) is 5.96 Å². The number of likely N-dealkylation sites (tertiary alicyclic amines) is 1. The molecule has 1 aromatic carbocycles. The van der Waals surface area contributed by atoms with Crippen LogP contribution >= 0.6 is 0 Å². The van der Waals surface area contributed by atoms with Gasteiger partial charge in [0.1, 0.15) is 12.3 Å². The maximum atomic E-state index is 12.1. The molecule has 29 heavy (non-hydrogen) atoms. The highest BCUT2D eigenvalue weighted by molar-refractivity contribution is 5.85. The van der Waals surface area contributed by atoms with Gasteiger partial charge in [-0.05, 0) is 31.0 Å². The number of carbonyl (C=O) groups excluding carboxylic acids is 1. The molecule has 0 radical (unpaired) electrons. The minimum Gasteiger partial charge on any atom is -0.467 e. The Labute approximate surface area is 172 Å². The Hall–Kier alpha value is -2.80. The summed E-state index contributed by atoms with van der Waals surface area (Å²) in [6, 6.07) is 13.9. The van der Waals surface area contributed by atoms with Crippen molar-refractivity contribution in [2.45, 2.75) is 26.5 Å². The minimum absolute atomic E-state index is 0.0920. The molecule has 1 amide bonds. The van der Waals surface area contributed by atoms with Crippen LogP contribution in [-0.2, 0) is 22.7 Å². The van der Waals surface area contributed by atoms with E-state index >= 15 is 0 Å². The van der Waals surface area contributed by atoms with E-state index in [0.717, 1.165) is 44.4 Å². The molecule has 2 heterocycles. The number of hydrogen-bond acceptors (Lipinski definition) is 4. The predicted octanol–water partition coefficient (Wildman–Crippen LogP) is 2.40. The number of ether oxygens (including phenoxy) is 1. The molecule has 156 valence electrons. The lowest BCUT2D eigenvalue weighted by Gasteiger charge is -2.21. The molecule has 7 nitrogen and oxygen atoms in total. The Balaban J connectivity index is 1.42. The molecule has 0 aliphatic carbocycles. The molecule has 1 saturated heterocycles. The number of aliphatic imine (C=N–C) groups is 1. The molecule has 0 spiro atoms. The van der Waals surface area contributed by atoms with E-state index in [1.54, 1.807) is 12.3 Å². The SMILES string of the molecule is CCNC(=NCC(=O)NCc1ccco1)N1CCC(COCc2ccccc2)C1. The number of nitrogens with one attached hydrogen (secondary N) is 2. The zero-order chi connectivity index (χ0) is 20.3. The Morgan fingerprint density at radius 2 is 2.10 bits per heavy atom. The molecular formula is C22H30N4O3. The third-order valence-electron chi connectivity index (χ3n) is 4.80. The van der Waals surface area contributed by atoms with Crippen LogP contribution in [0.2, 0.25) is 0 Å². The lowest BCUT2D eigenvalue weighted by Crippen LogP contribution is -2.41. The molecule has 7 heteroatoms. The number of benzene rings is 1. The number of furan rings is 1. The second kappa shape index (κ2) is 11.3. The predicted molar refractivity (Wildman–Crippen MR) is 112 cm³/mol. The fourth-order valence-electron chi connectivity index (χ4n) is 3.31. The molecule has 0 bridgehead atoms. The fraction of sp³-hybridized carbons (Fsp3) is 0.455. The molecule has 0 saturated carbocycles.